The lowest BCUT2D eigenvalue weighted by molar-refractivity contribution is 0.149. The average Bonchev–Trinajstić information content (AvgIpc) is 2.21. The molecule has 1 aromatic rings. The molecule has 2 N–H and O–H groups in total. The predicted octanol–water partition coefficient (Wildman–Crippen LogP) is 0.913. The van der Waals surface area contributed by atoms with Crippen molar-refractivity contribution in [2.75, 3.05) is 19.8 Å². The van der Waals surface area contributed by atoms with E-state index in [0.717, 1.165) is 18.8 Å². The van der Waals surface area contributed by atoms with E-state index in [9.17, 15) is 0 Å². The first-order chi connectivity index (χ1) is 6.83. The highest BCUT2D eigenvalue weighted by molar-refractivity contribution is 5.17. The second-order valence-electron chi connectivity index (χ2n) is 2.88. The number of hydrogen-bond donors (Lipinski definition) is 2. The number of pyridine rings is 1. The molecule has 14 heavy (non-hydrogen) atoms. The Kier molecular flexibility index (Phi) is 4.96. The van der Waals surface area contributed by atoms with E-state index in [1.807, 2.05) is 6.92 Å². The summed E-state index contributed by atoms with van der Waals surface area (Å²) in [5.41, 5.74) is 0.916. The van der Waals surface area contributed by atoms with Crippen molar-refractivity contribution in [2.45, 2.75) is 13.5 Å². The molecule has 78 valence electrons. The van der Waals surface area contributed by atoms with Crippen LogP contribution < -0.4 is 5.32 Å². The summed E-state index contributed by atoms with van der Waals surface area (Å²) in [5.74, 6) is 0.197. The summed E-state index contributed by atoms with van der Waals surface area (Å²) in [6.07, 6.45) is 1.44. The van der Waals surface area contributed by atoms with E-state index in [1.54, 1.807) is 12.1 Å². The van der Waals surface area contributed by atoms with Crippen molar-refractivity contribution < 1.29 is 9.84 Å². The van der Waals surface area contributed by atoms with E-state index >= 15 is 0 Å². The topological polar surface area (TPSA) is 54.4 Å². The minimum atomic E-state index is 0.197. The van der Waals surface area contributed by atoms with Crippen molar-refractivity contribution in [1.82, 2.24) is 10.3 Å². The molecule has 0 aromatic carbocycles. The smallest absolute Gasteiger partial charge is 0.133 e. The van der Waals surface area contributed by atoms with Gasteiger partial charge in [0.1, 0.15) is 5.75 Å². The minimum Gasteiger partial charge on any atom is -0.506 e. The summed E-state index contributed by atoms with van der Waals surface area (Å²) in [4.78, 5) is 4.04. The number of rotatable bonds is 6. The normalized spacial score (nSPS) is 10.4. The molecule has 0 aliphatic rings. The Morgan fingerprint density at radius 1 is 1.50 bits per heavy atom. The Hall–Kier alpha value is -1.13. The van der Waals surface area contributed by atoms with Gasteiger partial charge in [-0.15, -0.1) is 0 Å². The van der Waals surface area contributed by atoms with E-state index in [2.05, 4.69) is 10.3 Å². The molecular weight excluding hydrogens is 180 g/mol. The van der Waals surface area contributed by atoms with Crippen molar-refractivity contribution in [2.24, 2.45) is 0 Å². The fourth-order valence-electron chi connectivity index (χ4n) is 1.03. The molecule has 0 unspecified atom stereocenters. The summed E-state index contributed by atoms with van der Waals surface area (Å²) in [6.45, 7) is 4.96. The van der Waals surface area contributed by atoms with Crippen LogP contribution in [0.1, 0.15) is 12.6 Å². The molecule has 0 atom stereocenters. The van der Waals surface area contributed by atoms with E-state index < -0.39 is 0 Å². The van der Waals surface area contributed by atoms with Crippen LogP contribution in [0.25, 0.3) is 0 Å². The largest absolute Gasteiger partial charge is 0.506 e. The Labute approximate surface area is 83.9 Å². The highest BCUT2D eigenvalue weighted by Gasteiger charge is 1.93. The molecule has 0 saturated heterocycles. The van der Waals surface area contributed by atoms with Gasteiger partial charge in [0.2, 0.25) is 0 Å². The summed E-state index contributed by atoms with van der Waals surface area (Å²) >= 11 is 0. The zero-order valence-corrected chi connectivity index (χ0v) is 8.36. The van der Waals surface area contributed by atoms with Crippen LogP contribution in [0.15, 0.2) is 18.3 Å². The zero-order valence-electron chi connectivity index (χ0n) is 8.36. The summed E-state index contributed by atoms with van der Waals surface area (Å²) in [5, 5.41) is 12.2. The standard InChI is InChI=1S/C10H16N2O2/c1-2-14-6-5-11-7-9-3-4-10(13)8-12-9/h3-4,8,11,13H,2,5-7H2,1H3. The molecule has 1 aromatic heterocycles. The average molecular weight is 196 g/mol. The van der Waals surface area contributed by atoms with Crippen molar-refractivity contribution in [1.29, 1.82) is 0 Å². The van der Waals surface area contributed by atoms with E-state index in [-0.39, 0.29) is 5.75 Å². The molecule has 0 aliphatic heterocycles. The van der Waals surface area contributed by atoms with Gasteiger partial charge in [-0.25, -0.2) is 0 Å². The van der Waals surface area contributed by atoms with Gasteiger partial charge in [0.15, 0.2) is 0 Å². The molecule has 1 rings (SSSR count). The molecule has 0 fully saturated rings. The van der Waals surface area contributed by atoms with Gasteiger partial charge in [-0.3, -0.25) is 4.98 Å². The third-order valence-corrected chi connectivity index (χ3v) is 1.74. The van der Waals surface area contributed by atoms with Gasteiger partial charge in [0.05, 0.1) is 18.5 Å². The minimum absolute atomic E-state index is 0.197. The van der Waals surface area contributed by atoms with Crippen LogP contribution in [-0.2, 0) is 11.3 Å². The van der Waals surface area contributed by atoms with Crippen LogP contribution in [0.3, 0.4) is 0 Å². The Morgan fingerprint density at radius 3 is 3.00 bits per heavy atom. The number of hydrogen-bond acceptors (Lipinski definition) is 4. The van der Waals surface area contributed by atoms with Gasteiger partial charge in [0.25, 0.3) is 0 Å². The first kappa shape index (κ1) is 10.9. The maximum Gasteiger partial charge on any atom is 0.133 e. The van der Waals surface area contributed by atoms with Gasteiger partial charge in [-0.1, -0.05) is 0 Å². The second kappa shape index (κ2) is 6.34. The van der Waals surface area contributed by atoms with E-state index in [4.69, 9.17) is 9.84 Å². The third kappa shape index (κ3) is 4.20. The highest BCUT2D eigenvalue weighted by Crippen LogP contribution is 2.05. The molecule has 0 saturated carbocycles. The lowest BCUT2D eigenvalue weighted by Gasteiger charge is -2.04. The lowest BCUT2D eigenvalue weighted by Crippen LogP contribution is -2.19. The van der Waals surface area contributed by atoms with Gasteiger partial charge in [0, 0.05) is 19.7 Å². The number of aromatic nitrogens is 1. The summed E-state index contributed by atoms with van der Waals surface area (Å²) < 4.78 is 5.17. The molecule has 0 amide bonds. The molecule has 0 bridgehead atoms. The number of aromatic hydroxyl groups is 1. The fourth-order valence-corrected chi connectivity index (χ4v) is 1.03. The first-order valence-electron chi connectivity index (χ1n) is 4.75. The Bertz CT molecular complexity index is 249. The van der Waals surface area contributed by atoms with Gasteiger partial charge in [-0.05, 0) is 19.1 Å². The van der Waals surface area contributed by atoms with Gasteiger partial charge >= 0.3 is 0 Å². The van der Waals surface area contributed by atoms with Crippen molar-refractivity contribution in [3.8, 4) is 5.75 Å². The van der Waals surface area contributed by atoms with Gasteiger partial charge < -0.3 is 15.2 Å². The van der Waals surface area contributed by atoms with Crippen LogP contribution in [-0.4, -0.2) is 29.8 Å². The second-order valence-corrected chi connectivity index (χ2v) is 2.88. The van der Waals surface area contributed by atoms with Gasteiger partial charge in [-0.2, -0.15) is 0 Å². The molecular formula is C10H16N2O2. The van der Waals surface area contributed by atoms with Crippen molar-refractivity contribution >= 4 is 0 Å². The summed E-state index contributed by atoms with van der Waals surface area (Å²) in [7, 11) is 0. The SMILES string of the molecule is CCOCCNCc1ccc(O)cn1. The molecule has 0 spiro atoms. The van der Waals surface area contributed by atoms with Crippen molar-refractivity contribution in [3.05, 3.63) is 24.0 Å². The Balaban J connectivity index is 2.15. The van der Waals surface area contributed by atoms with Crippen LogP contribution >= 0.6 is 0 Å². The quantitative estimate of drug-likeness (QED) is 0.664. The van der Waals surface area contributed by atoms with E-state index in [0.29, 0.717) is 13.2 Å². The van der Waals surface area contributed by atoms with Crippen molar-refractivity contribution in [3.63, 3.8) is 0 Å². The molecule has 0 aliphatic carbocycles. The molecule has 4 heteroatoms. The maximum absolute atomic E-state index is 9.00. The lowest BCUT2D eigenvalue weighted by atomic mass is 10.3. The molecule has 1 heterocycles. The predicted molar refractivity (Wildman–Crippen MR) is 54.1 cm³/mol. The monoisotopic (exact) mass is 196 g/mol. The zero-order chi connectivity index (χ0) is 10.2. The number of nitrogens with zero attached hydrogens (tertiary/aromatic N) is 1. The van der Waals surface area contributed by atoms with Crippen LogP contribution in [0, 0.1) is 0 Å². The van der Waals surface area contributed by atoms with Crippen LogP contribution in [0.2, 0.25) is 0 Å². The molecule has 4 nitrogen and oxygen atoms in total. The number of ether oxygens (including phenoxy) is 1. The Morgan fingerprint density at radius 2 is 2.36 bits per heavy atom. The third-order valence-electron chi connectivity index (χ3n) is 1.74. The number of nitrogens with one attached hydrogen (secondary N) is 1. The highest BCUT2D eigenvalue weighted by atomic mass is 16.5. The van der Waals surface area contributed by atoms with Crippen LogP contribution in [0.5, 0.6) is 5.75 Å². The van der Waals surface area contributed by atoms with Crippen LogP contribution in [0.4, 0.5) is 0 Å². The summed E-state index contributed by atoms with van der Waals surface area (Å²) in [6, 6.07) is 3.43. The first-order valence-corrected chi connectivity index (χ1v) is 4.75. The van der Waals surface area contributed by atoms with E-state index in [1.165, 1.54) is 6.20 Å². The maximum atomic E-state index is 9.00. The fraction of sp³-hybridized carbons (Fsp3) is 0.500. The molecule has 0 radical (unpaired) electrons.